The minimum absolute atomic E-state index is 0.113. The zero-order chi connectivity index (χ0) is 14.9. The van der Waals surface area contributed by atoms with E-state index in [9.17, 15) is 10.1 Å². The third-order valence-corrected chi connectivity index (χ3v) is 4.25. The predicted molar refractivity (Wildman–Crippen MR) is 74.4 cm³/mol. The molecule has 1 saturated heterocycles. The van der Waals surface area contributed by atoms with Crippen molar-refractivity contribution in [3.8, 4) is 6.07 Å². The van der Waals surface area contributed by atoms with E-state index in [1.807, 2.05) is 0 Å². The van der Waals surface area contributed by atoms with Crippen molar-refractivity contribution in [1.29, 1.82) is 5.26 Å². The van der Waals surface area contributed by atoms with Gasteiger partial charge in [0.2, 0.25) is 0 Å². The highest BCUT2D eigenvalue weighted by atomic mass is 16.5. The first-order chi connectivity index (χ1) is 8.58. The lowest BCUT2D eigenvalue weighted by Crippen LogP contribution is -2.62. The van der Waals surface area contributed by atoms with E-state index in [0.29, 0.717) is 12.8 Å². The summed E-state index contributed by atoms with van der Waals surface area (Å²) in [6.07, 6.45) is 2.50. The molecule has 0 aromatic carbocycles. The molecule has 0 atom stereocenters. The molecule has 0 bridgehead atoms. The molecule has 0 amide bonds. The fourth-order valence-electron chi connectivity index (χ4n) is 3.26. The van der Waals surface area contributed by atoms with Crippen molar-refractivity contribution >= 4 is 5.97 Å². The van der Waals surface area contributed by atoms with Crippen molar-refractivity contribution in [2.24, 2.45) is 5.41 Å². The van der Waals surface area contributed by atoms with E-state index in [-0.39, 0.29) is 17.7 Å². The minimum atomic E-state index is -0.627. The average Bonchev–Trinajstić information content (AvgIpc) is 2.32. The van der Waals surface area contributed by atoms with Crippen LogP contribution in [0, 0.1) is 16.7 Å². The SMILES string of the molecule is C=CC(=O)OCC1(C#N)CC(C)(C)N(C)C(C)(C)C1. The lowest BCUT2D eigenvalue weighted by atomic mass is 9.65. The Morgan fingerprint density at radius 3 is 2.21 bits per heavy atom. The number of ether oxygens (including phenoxy) is 1. The van der Waals surface area contributed by atoms with Gasteiger partial charge in [-0.15, -0.1) is 0 Å². The van der Waals surface area contributed by atoms with Gasteiger partial charge in [-0.05, 0) is 47.6 Å². The standard InChI is InChI=1S/C15H24N2O2/c1-7-12(18)19-11-15(10-16)8-13(2,3)17(6)14(4,5)9-15/h7H,1,8-9,11H2,2-6H3. The molecule has 0 unspecified atom stereocenters. The Morgan fingerprint density at radius 1 is 1.37 bits per heavy atom. The molecule has 0 aromatic heterocycles. The number of nitriles is 1. The van der Waals surface area contributed by atoms with Gasteiger partial charge in [0, 0.05) is 17.2 Å². The molecule has 1 heterocycles. The van der Waals surface area contributed by atoms with Crippen molar-refractivity contribution in [2.75, 3.05) is 13.7 Å². The maximum atomic E-state index is 11.2. The predicted octanol–water partition coefficient (Wildman–Crippen LogP) is 2.51. The first-order valence-electron chi connectivity index (χ1n) is 6.53. The van der Waals surface area contributed by atoms with Crippen LogP contribution in [0.1, 0.15) is 40.5 Å². The molecule has 4 heteroatoms. The largest absolute Gasteiger partial charge is 0.461 e. The Bertz CT molecular complexity index is 400. The third-order valence-electron chi connectivity index (χ3n) is 4.25. The highest BCUT2D eigenvalue weighted by molar-refractivity contribution is 5.81. The Labute approximate surface area is 116 Å². The number of hydrogen-bond donors (Lipinski definition) is 0. The van der Waals surface area contributed by atoms with Crippen molar-refractivity contribution in [2.45, 2.75) is 51.6 Å². The number of likely N-dealkylation sites (tertiary alicyclic amines) is 1. The van der Waals surface area contributed by atoms with Crippen molar-refractivity contribution < 1.29 is 9.53 Å². The van der Waals surface area contributed by atoms with Gasteiger partial charge in [0.1, 0.15) is 6.61 Å². The van der Waals surface area contributed by atoms with E-state index in [2.05, 4.69) is 52.3 Å². The summed E-state index contributed by atoms with van der Waals surface area (Å²) in [6, 6.07) is 2.39. The maximum absolute atomic E-state index is 11.2. The molecule has 0 saturated carbocycles. The summed E-state index contributed by atoms with van der Waals surface area (Å²) in [5.41, 5.74) is -0.853. The second-order valence-corrected chi connectivity index (χ2v) is 6.74. The molecule has 106 valence electrons. The summed E-state index contributed by atoms with van der Waals surface area (Å²) in [4.78, 5) is 13.5. The van der Waals surface area contributed by atoms with Gasteiger partial charge in [-0.3, -0.25) is 4.90 Å². The Hall–Kier alpha value is -1.34. The van der Waals surface area contributed by atoms with E-state index >= 15 is 0 Å². The van der Waals surface area contributed by atoms with Crippen LogP contribution in [0.25, 0.3) is 0 Å². The average molecular weight is 264 g/mol. The molecule has 1 aliphatic heterocycles. The fraction of sp³-hybridized carbons (Fsp3) is 0.733. The number of esters is 1. The molecule has 0 radical (unpaired) electrons. The van der Waals surface area contributed by atoms with Crippen LogP contribution < -0.4 is 0 Å². The first kappa shape index (κ1) is 15.7. The normalized spacial score (nSPS) is 24.2. The van der Waals surface area contributed by atoms with Gasteiger partial charge < -0.3 is 4.74 Å². The van der Waals surface area contributed by atoms with Crippen LogP contribution >= 0.6 is 0 Å². The quantitative estimate of drug-likeness (QED) is 0.580. The summed E-state index contributed by atoms with van der Waals surface area (Å²) in [7, 11) is 2.08. The molecule has 0 spiro atoms. The maximum Gasteiger partial charge on any atom is 0.330 e. The zero-order valence-corrected chi connectivity index (χ0v) is 12.6. The van der Waals surface area contributed by atoms with E-state index in [1.54, 1.807) is 0 Å². The third kappa shape index (κ3) is 3.16. The fourth-order valence-corrected chi connectivity index (χ4v) is 3.26. The van der Waals surface area contributed by atoms with E-state index in [1.165, 1.54) is 0 Å². The molecule has 0 aliphatic carbocycles. The van der Waals surface area contributed by atoms with Crippen LogP contribution in [0.15, 0.2) is 12.7 Å². The highest BCUT2D eigenvalue weighted by Gasteiger charge is 2.51. The Kier molecular flexibility index (Phi) is 4.11. The Balaban J connectivity index is 2.99. The number of carbonyl (C=O) groups excluding carboxylic acids is 1. The van der Waals surface area contributed by atoms with Crippen LogP contribution in [0.5, 0.6) is 0 Å². The smallest absolute Gasteiger partial charge is 0.330 e. The number of carbonyl (C=O) groups is 1. The number of rotatable bonds is 3. The van der Waals surface area contributed by atoms with Crippen LogP contribution in [-0.2, 0) is 9.53 Å². The van der Waals surface area contributed by atoms with Gasteiger partial charge >= 0.3 is 5.97 Å². The molecular weight excluding hydrogens is 240 g/mol. The lowest BCUT2D eigenvalue weighted by molar-refractivity contribution is -0.144. The van der Waals surface area contributed by atoms with E-state index in [0.717, 1.165) is 6.08 Å². The van der Waals surface area contributed by atoms with E-state index in [4.69, 9.17) is 4.74 Å². The van der Waals surface area contributed by atoms with Gasteiger partial charge in [-0.2, -0.15) is 5.26 Å². The molecule has 0 aromatic rings. The molecule has 1 rings (SSSR count). The number of piperidine rings is 1. The summed E-state index contributed by atoms with van der Waals surface area (Å²) in [5, 5.41) is 9.59. The zero-order valence-electron chi connectivity index (χ0n) is 12.6. The summed E-state index contributed by atoms with van der Waals surface area (Å²) in [5.74, 6) is -0.468. The van der Waals surface area contributed by atoms with Gasteiger partial charge in [-0.1, -0.05) is 6.58 Å². The van der Waals surface area contributed by atoms with Gasteiger partial charge in [-0.25, -0.2) is 4.79 Å². The van der Waals surface area contributed by atoms with Crippen molar-refractivity contribution in [3.05, 3.63) is 12.7 Å². The number of nitrogens with zero attached hydrogens (tertiary/aromatic N) is 2. The van der Waals surface area contributed by atoms with Crippen LogP contribution in [0.2, 0.25) is 0 Å². The second-order valence-electron chi connectivity index (χ2n) is 6.74. The monoisotopic (exact) mass is 264 g/mol. The molecule has 19 heavy (non-hydrogen) atoms. The summed E-state index contributed by atoms with van der Waals surface area (Å²) < 4.78 is 5.15. The molecule has 0 N–H and O–H groups in total. The van der Waals surface area contributed by atoms with Gasteiger partial charge in [0.05, 0.1) is 11.5 Å². The van der Waals surface area contributed by atoms with Crippen LogP contribution in [-0.4, -0.2) is 35.6 Å². The second kappa shape index (κ2) is 4.97. The molecule has 1 fully saturated rings. The van der Waals surface area contributed by atoms with Crippen molar-refractivity contribution in [1.82, 2.24) is 4.90 Å². The topological polar surface area (TPSA) is 53.3 Å². The molecular formula is C15H24N2O2. The highest BCUT2D eigenvalue weighted by Crippen LogP contribution is 2.47. The summed E-state index contributed by atoms with van der Waals surface area (Å²) >= 11 is 0. The van der Waals surface area contributed by atoms with E-state index < -0.39 is 11.4 Å². The van der Waals surface area contributed by atoms with Gasteiger partial charge in [0.25, 0.3) is 0 Å². The molecule has 1 aliphatic rings. The lowest BCUT2D eigenvalue weighted by Gasteiger charge is -2.56. The summed E-state index contributed by atoms with van der Waals surface area (Å²) in [6.45, 7) is 12.0. The minimum Gasteiger partial charge on any atom is -0.461 e. The molecule has 4 nitrogen and oxygen atoms in total. The van der Waals surface area contributed by atoms with Gasteiger partial charge in [0.15, 0.2) is 0 Å². The van der Waals surface area contributed by atoms with Crippen LogP contribution in [0.3, 0.4) is 0 Å². The van der Waals surface area contributed by atoms with Crippen LogP contribution in [0.4, 0.5) is 0 Å². The van der Waals surface area contributed by atoms with Crippen molar-refractivity contribution in [3.63, 3.8) is 0 Å². The first-order valence-corrected chi connectivity index (χ1v) is 6.53. The number of hydrogen-bond acceptors (Lipinski definition) is 4. The Morgan fingerprint density at radius 2 is 1.84 bits per heavy atom.